The third-order valence-electron chi connectivity index (χ3n) is 3.08. The van der Waals surface area contributed by atoms with Crippen LogP contribution in [0.5, 0.6) is 0 Å². The van der Waals surface area contributed by atoms with Crippen LogP contribution >= 0.6 is 0 Å². The lowest BCUT2D eigenvalue weighted by Gasteiger charge is -2.11. The third kappa shape index (κ3) is 1.16. The van der Waals surface area contributed by atoms with Crippen molar-refractivity contribution < 1.29 is 9.90 Å². The molecule has 0 radical (unpaired) electrons. The molecular weight excluding hydrogens is 200 g/mol. The number of carbonyl (C=O) groups is 1. The first-order chi connectivity index (χ1) is 7.72. The lowest BCUT2D eigenvalue weighted by molar-refractivity contribution is -0.139. The van der Waals surface area contributed by atoms with Crippen molar-refractivity contribution in [3.63, 3.8) is 0 Å². The van der Waals surface area contributed by atoms with Gasteiger partial charge in [0.2, 0.25) is 0 Å². The van der Waals surface area contributed by atoms with Crippen molar-refractivity contribution in [3.05, 3.63) is 60.2 Å². The molecule has 0 saturated carbocycles. The fraction of sp³-hybridized carbons (Fsp3) is 0.0714. The first-order valence-electron chi connectivity index (χ1n) is 5.15. The van der Waals surface area contributed by atoms with E-state index in [1.54, 1.807) is 12.2 Å². The zero-order valence-corrected chi connectivity index (χ0v) is 8.55. The Kier molecular flexibility index (Phi) is 1.69. The first kappa shape index (κ1) is 9.16. The van der Waals surface area contributed by atoms with Gasteiger partial charge in [0.1, 0.15) is 5.41 Å². The smallest absolute Gasteiger partial charge is 0.321 e. The fourth-order valence-electron chi connectivity index (χ4n) is 1.99. The molecule has 2 nitrogen and oxygen atoms in total. The second kappa shape index (κ2) is 2.95. The molecule has 0 aromatic heterocycles. The van der Waals surface area contributed by atoms with Gasteiger partial charge in [0.15, 0.2) is 0 Å². The molecule has 78 valence electrons. The highest BCUT2D eigenvalue weighted by atomic mass is 16.4. The van der Waals surface area contributed by atoms with Crippen molar-refractivity contribution in [2.45, 2.75) is 5.41 Å². The summed E-state index contributed by atoms with van der Waals surface area (Å²) in [5, 5.41) is 11.4. The largest absolute Gasteiger partial charge is 0.480 e. The molecule has 3 rings (SSSR count). The highest BCUT2D eigenvalue weighted by Crippen LogP contribution is 2.39. The molecule has 0 fully saturated rings. The zero-order valence-electron chi connectivity index (χ0n) is 8.55. The normalized spacial score (nSPS) is 16.2. The maximum atomic E-state index is 11.2. The molecular formula is C14H10O2. The van der Waals surface area contributed by atoms with Gasteiger partial charge in [-0.1, -0.05) is 48.6 Å². The molecule has 1 aliphatic rings. The van der Waals surface area contributed by atoms with Gasteiger partial charge in [0, 0.05) is 0 Å². The van der Waals surface area contributed by atoms with E-state index in [9.17, 15) is 4.79 Å². The van der Waals surface area contributed by atoms with Gasteiger partial charge in [-0.15, -0.1) is 0 Å². The monoisotopic (exact) mass is 210 g/mol. The summed E-state index contributed by atoms with van der Waals surface area (Å²) < 4.78 is 0. The Morgan fingerprint density at radius 2 is 1.69 bits per heavy atom. The fourth-order valence-corrected chi connectivity index (χ4v) is 1.99. The lowest BCUT2D eigenvalue weighted by atomic mass is 9.92. The minimum atomic E-state index is -0.843. The molecule has 0 aliphatic heterocycles. The van der Waals surface area contributed by atoms with Gasteiger partial charge in [-0.2, -0.15) is 0 Å². The minimum Gasteiger partial charge on any atom is -0.480 e. The minimum absolute atomic E-state index is 0.803. The summed E-state index contributed by atoms with van der Waals surface area (Å²) in [6.07, 6.45) is 3.44. The average molecular weight is 210 g/mol. The Bertz CT molecular complexity index is 605. The van der Waals surface area contributed by atoms with Gasteiger partial charge in [-0.05, 0) is 22.4 Å². The summed E-state index contributed by atoms with van der Waals surface area (Å²) in [6, 6.07) is 13.8. The van der Waals surface area contributed by atoms with Crippen LogP contribution in [0, 0.1) is 0 Å². The number of carboxylic acids is 1. The van der Waals surface area contributed by atoms with Crippen LogP contribution in [-0.4, -0.2) is 11.1 Å². The van der Waals surface area contributed by atoms with Crippen LogP contribution in [-0.2, 0) is 10.2 Å². The van der Waals surface area contributed by atoms with Crippen LogP contribution in [0.25, 0.3) is 10.8 Å². The van der Waals surface area contributed by atoms with Gasteiger partial charge in [-0.25, -0.2) is 0 Å². The van der Waals surface area contributed by atoms with Gasteiger partial charge in [-0.3, -0.25) is 4.79 Å². The molecule has 0 saturated heterocycles. The predicted molar refractivity (Wildman–Crippen MR) is 62.4 cm³/mol. The van der Waals surface area contributed by atoms with E-state index in [0.717, 1.165) is 16.3 Å². The molecule has 16 heavy (non-hydrogen) atoms. The van der Waals surface area contributed by atoms with Crippen LogP contribution in [0.15, 0.2) is 54.6 Å². The van der Waals surface area contributed by atoms with E-state index in [1.807, 2.05) is 42.5 Å². The molecule has 0 unspecified atom stereocenters. The van der Waals surface area contributed by atoms with Crippen molar-refractivity contribution in [2.75, 3.05) is 0 Å². The quantitative estimate of drug-likeness (QED) is 0.774. The van der Waals surface area contributed by atoms with Crippen LogP contribution in [0.3, 0.4) is 0 Å². The SMILES string of the molecule is O=C(O)C1(c2ccc3ccccc3c2)C=C1. The molecule has 0 heterocycles. The average Bonchev–Trinajstić information content (AvgIpc) is 3.09. The van der Waals surface area contributed by atoms with E-state index < -0.39 is 11.4 Å². The van der Waals surface area contributed by atoms with Crippen LogP contribution in [0.1, 0.15) is 5.56 Å². The van der Waals surface area contributed by atoms with E-state index in [1.165, 1.54) is 0 Å². The number of rotatable bonds is 2. The highest BCUT2D eigenvalue weighted by Gasteiger charge is 2.44. The summed E-state index contributed by atoms with van der Waals surface area (Å²) in [5.41, 5.74) is -0.0111. The van der Waals surface area contributed by atoms with Crippen molar-refractivity contribution in [3.8, 4) is 0 Å². The molecule has 0 spiro atoms. The molecule has 0 amide bonds. The third-order valence-corrected chi connectivity index (χ3v) is 3.08. The molecule has 1 aliphatic carbocycles. The number of fused-ring (bicyclic) bond motifs is 1. The Morgan fingerprint density at radius 1 is 1.00 bits per heavy atom. The van der Waals surface area contributed by atoms with Gasteiger partial charge < -0.3 is 5.11 Å². The van der Waals surface area contributed by atoms with E-state index in [2.05, 4.69) is 0 Å². The summed E-state index contributed by atoms with van der Waals surface area (Å²) in [5.74, 6) is -0.803. The molecule has 1 N–H and O–H groups in total. The van der Waals surface area contributed by atoms with Gasteiger partial charge in [0.05, 0.1) is 0 Å². The van der Waals surface area contributed by atoms with Crippen molar-refractivity contribution in [2.24, 2.45) is 0 Å². The van der Waals surface area contributed by atoms with Crippen LogP contribution < -0.4 is 0 Å². The van der Waals surface area contributed by atoms with Gasteiger partial charge in [0.25, 0.3) is 0 Å². The molecule has 0 atom stereocenters. The number of hydrogen-bond donors (Lipinski definition) is 1. The number of hydrogen-bond acceptors (Lipinski definition) is 1. The number of aliphatic carboxylic acids is 1. The standard InChI is InChI=1S/C14H10O2/c15-13(16)14(7-8-14)12-6-5-10-3-1-2-4-11(10)9-12/h1-9H,(H,15,16). The Balaban J connectivity index is 2.16. The lowest BCUT2D eigenvalue weighted by Crippen LogP contribution is -2.21. The van der Waals surface area contributed by atoms with E-state index in [-0.39, 0.29) is 0 Å². The van der Waals surface area contributed by atoms with E-state index in [0.29, 0.717) is 0 Å². The van der Waals surface area contributed by atoms with E-state index >= 15 is 0 Å². The maximum Gasteiger partial charge on any atom is 0.321 e. The highest BCUT2D eigenvalue weighted by molar-refractivity contribution is 5.94. The van der Waals surface area contributed by atoms with Crippen molar-refractivity contribution >= 4 is 16.7 Å². The summed E-state index contributed by atoms with van der Waals surface area (Å²) >= 11 is 0. The summed E-state index contributed by atoms with van der Waals surface area (Å²) in [7, 11) is 0. The predicted octanol–water partition coefficient (Wildman–Crippen LogP) is 2.73. The second-order valence-corrected chi connectivity index (χ2v) is 4.07. The molecule has 0 bridgehead atoms. The second-order valence-electron chi connectivity index (χ2n) is 4.07. The van der Waals surface area contributed by atoms with Gasteiger partial charge >= 0.3 is 5.97 Å². The van der Waals surface area contributed by atoms with E-state index in [4.69, 9.17) is 5.11 Å². The summed E-state index contributed by atoms with van der Waals surface area (Å²) in [4.78, 5) is 11.2. The molecule has 2 heteroatoms. The van der Waals surface area contributed by atoms with Crippen LogP contribution in [0.2, 0.25) is 0 Å². The number of benzene rings is 2. The Morgan fingerprint density at radius 3 is 2.31 bits per heavy atom. The Hall–Kier alpha value is -2.09. The zero-order chi connectivity index (χ0) is 11.2. The van der Waals surface area contributed by atoms with Crippen LogP contribution in [0.4, 0.5) is 0 Å². The molecule has 2 aromatic carbocycles. The number of carboxylic acid groups (broad SMARTS) is 1. The maximum absolute atomic E-state index is 11.2. The molecule has 2 aromatic rings. The van der Waals surface area contributed by atoms with Crippen molar-refractivity contribution in [1.82, 2.24) is 0 Å². The summed E-state index contributed by atoms with van der Waals surface area (Å²) in [6.45, 7) is 0. The topological polar surface area (TPSA) is 37.3 Å². The Labute approximate surface area is 92.8 Å². The first-order valence-corrected chi connectivity index (χ1v) is 5.15. The van der Waals surface area contributed by atoms with Crippen molar-refractivity contribution in [1.29, 1.82) is 0 Å².